The molecule has 0 unspecified atom stereocenters. The molecule has 90 valence electrons. The predicted octanol–water partition coefficient (Wildman–Crippen LogP) is 1.63. The third-order valence-corrected chi connectivity index (χ3v) is 4.01. The van der Waals surface area contributed by atoms with E-state index in [2.05, 4.69) is 44.3 Å². The summed E-state index contributed by atoms with van der Waals surface area (Å²) in [6, 6.07) is 0. The Balaban J connectivity index is 2.00. The van der Waals surface area contributed by atoms with Gasteiger partial charge in [0.15, 0.2) is 5.82 Å². The highest BCUT2D eigenvalue weighted by atomic mass is 32.1. The van der Waals surface area contributed by atoms with Gasteiger partial charge in [-0.1, -0.05) is 13.8 Å². The second-order valence-electron chi connectivity index (χ2n) is 4.49. The second kappa shape index (κ2) is 4.19. The van der Waals surface area contributed by atoms with E-state index in [9.17, 15) is 0 Å². The standard InChI is InChI=1S/C11H15N5S/c1-7(2)11-13-8(6-17-11)10-15-14-9-5-12-3-4-16(9)10/h6-7,12H,3-5H2,1-2H3. The highest BCUT2D eigenvalue weighted by Gasteiger charge is 2.18. The lowest BCUT2D eigenvalue weighted by Crippen LogP contribution is -2.28. The molecule has 0 radical (unpaired) electrons. The van der Waals surface area contributed by atoms with Crippen LogP contribution < -0.4 is 5.32 Å². The first kappa shape index (κ1) is 10.9. The van der Waals surface area contributed by atoms with Crippen LogP contribution >= 0.6 is 11.3 Å². The van der Waals surface area contributed by atoms with E-state index < -0.39 is 0 Å². The van der Waals surface area contributed by atoms with Crippen LogP contribution in [0.4, 0.5) is 0 Å². The van der Waals surface area contributed by atoms with Gasteiger partial charge < -0.3 is 9.88 Å². The van der Waals surface area contributed by atoms with Gasteiger partial charge in [0.05, 0.1) is 11.6 Å². The van der Waals surface area contributed by atoms with Gasteiger partial charge in [-0.3, -0.25) is 0 Å². The molecule has 1 aliphatic rings. The topological polar surface area (TPSA) is 55.6 Å². The maximum absolute atomic E-state index is 4.64. The number of hydrogen-bond acceptors (Lipinski definition) is 5. The molecule has 5 nitrogen and oxygen atoms in total. The molecule has 17 heavy (non-hydrogen) atoms. The molecule has 2 aromatic heterocycles. The number of hydrogen-bond donors (Lipinski definition) is 1. The van der Waals surface area contributed by atoms with E-state index in [1.807, 2.05) is 0 Å². The first-order valence-electron chi connectivity index (χ1n) is 5.84. The third-order valence-electron chi connectivity index (χ3n) is 2.87. The Morgan fingerprint density at radius 1 is 1.41 bits per heavy atom. The Bertz CT molecular complexity index is 528. The van der Waals surface area contributed by atoms with Crippen LogP contribution in [0.15, 0.2) is 5.38 Å². The third kappa shape index (κ3) is 1.87. The highest BCUT2D eigenvalue weighted by molar-refractivity contribution is 7.10. The van der Waals surface area contributed by atoms with E-state index in [0.717, 1.165) is 42.0 Å². The van der Waals surface area contributed by atoms with Crippen molar-refractivity contribution in [3.63, 3.8) is 0 Å². The summed E-state index contributed by atoms with van der Waals surface area (Å²) in [5.41, 5.74) is 0.958. The van der Waals surface area contributed by atoms with Crippen molar-refractivity contribution >= 4 is 11.3 Å². The van der Waals surface area contributed by atoms with Crippen LogP contribution in [0.3, 0.4) is 0 Å². The molecule has 0 fully saturated rings. The van der Waals surface area contributed by atoms with E-state index in [4.69, 9.17) is 0 Å². The van der Waals surface area contributed by atoms with Crippen LogP contribution in [0.1, 0.15) is 30.6 Å². The van der Waals surface area contributed by atoms with Gasteiger partial charge in [-0.2, -0.15) is 0 Å². The number of fused-ring (bicyclic) bond motifs is 1. The molecule has 0 atom stereocenters. The maximum Gasteiger partial charge on any atom is 0.183 e. The van der Waals surface area contributed by atoms with Gasteiger partial charge in [0, 0.05) is 24.4 Å². The molecular formula is C11H15N5S. The molecular weight excluding hydrogens is 234 g/mol. The number of rotatable bonds is 2. The van der Waals surface area contributed by atoms with E-state index in [0.29, 0.717) is 5.92 Å². The lowest BCUT2D eigenvalue weighted by molar-refractivity contribution is 0.508. The zero-order valence-corrected chi connectivity index (χ0v) is 10.8. The monoisotopic (exact) mass is 249 g/mol. The van der Waals surface area contributed by atoms with Crippen molar-refractivity contribution in [1.29, 1.82) is 0 Å². The number of nitrogens with one attached hydrogen (secondary N) is 1. The van der Waals surface area contributed by atoms with Gasteiger partial charge in [-0.25, -0.2) is 4.98 Å². The van der Waals surface area contributed by atoms with Gasteiger partial charge in [-0.15, -0.1) is 21.5 Å². The first-order chi connectivity index (χ1) is 8.25. The zero-order chi connectivity index (χ0) is 11.8. The number of nitrogens with zero attached hydrogens (tertiary/aromatic N) is 4. The fourth-order valence-corrected chi connectivity index (χ4v) is 2.75. The van der Waals surface area contributed by atoms with Crippen molar-refractivity contribution < 1.29 is 0 Å². The van der Waals surface area contributed by atoms with E-state index in [-0.39, 0.29) is 0 Å². The molecule has 1 N–H and O–H groups in total. The number of thiazole rings is 1. The molecule has 3 rings (SSSR count). The molecule has 0 saturated carbocycles. The second-order valence-corrected chi connectivity index (χ2v) is 5.38. The van der Waals surface area contributed by atoms with Crippen molar-refractivity contribution in [3.05, 3.63) is 16.2 Å². The summed E-state index contributed by atoms with van der Waals surface area (Å²) < 4.78 is 2.16. The molecule has 2 aromatic rings. The summed E-state index contributed by atoms with van der Waals surface area (Å²) in [6.07, 6.45) is 0. The van der Waals surface area contributed by atoms with E-state index in [1.165, 1.54) is 0 Å². The molecule has 0 aromatic carbocycles. The Labute approximate surface area is 104 Å². The molecule has 0 spiro atoms. The Kier molecular flexibility index (Phi) is 2.68. The summed E-state index contributed by atoms with van der Waals surface area (Å²) in [7, 11) is 0. The Hall–Kier alpha value is -1.27. The average molecular weight is 249 g/mol. The molecule has 0 amide bonds. The van der Waals surface area contributed by atoms with E-state index in [1.54, 1.807) is 11.3 Å². The maximum atomic E-state index is 4.64. The van der Waals surface area contributed by atoms with Crippen molar-refractivity contribution in [1.82, 2.24) is 25.1 Å². The fraction of sp³-hybridized carbons (Fsp3) is 0.545. The van der Waals surface area contributed by atoms with Crippen molar-refractivity contribution in [2.75, 3.05) is 6.54 Å². The Morgan fingerprint density at radius 3 is 3.06 bits per heavy atom. The van der Waals surface area contributed by atoms with Crippen LogP contribution in [-0.4, -0.2) is 26.3 Å². The fourth-order valence-electron chi connectivity index (χ4n) is 1.94. The van der Waals surface area contributed by atoms with E-state index >= 15 is 0 Å². The van der Waals surface area contributed by atoms with Crippen molar-refractivity contribution in [2.45, 2.75) is 32.9 Å². The summed E-state index contributed by atoms with van der Waals surface area (Å²) >= 11 is 1.70. The molecule has 0 bridgehead atoms. The van der Waals surface area contributed by atoms with Gasteiger partial charge in [-0.05, 0) is 0 Å². The Morgan fingerprint density at radius 2 is 2.29 bits per heavy atom. The largest absolute Gasteiger partial charge is 0.308 e. The highest BCUT2D eigenvalue weighted by Crippen LogP contribution is 2.25. The lowest BCUT2D eigenvalue weighted by atomic mass is 10.2. The average Bonchev–Trinajstić information content (AvgIpc) is 2.95. The van der Waals surface area contributed by atoms with Crippen LogP contribution in [0.5, 0.6) is 0 Å². The van der Waals surface area contributed by atoms with Crippen LogP contribution in [-0.2, 0) is 13.1 Å². The SMILES string of the molecule is CC(C)c1nc(-c2nnc3n2CCNC3)cs1. The van der Waals surface area contributed by atoms with Gasteiger partial charge in [0.1, 0.15) is 11.5 Å². The van der Waals surface area contributed by atoms with Crippen LogP contribution in [0, 0.1) is 0 Å². The van der Waals surface area contributed by atoms with Crippen molar-refractivity contribution in [2.24, 2.45) is 0 Å². The summed E-state index contributed by atoms with van der Waals surface area (Å²) in [5.74, 6) is 2.38. The minimum Gasteiger partial charge on any atom is -0.308 e. The molecule has 3 heterocycles. The minimum absolute atomic E-state index is 0.471. The predicted molar refractivity (Wildman–Crippen MR) is 66.9 cm³/mol. The summed E-state index contributed by atoms with van der Waals surface area (Å²) in [4.78, 5) is 4.64. The minimum atomic E-state index is 0.471. The molecule has 0 aliphatic carbocycles. The van der Waals surface area contributed by atoms with Gasteiger partial charge >= 0.3 is 0 Å². The molecule has 1 aliphatic heterocycles. The summed E-state index contributed by atoms with van der Waals surface area (Å²) in [5, 5.41) is 15.0. The summed E-state index contributed by atoms with van der Waals surface area (Å²) in [6.45, 7) is 7.01. The molecule has 0 saturated heterocycles. The van der Waals surface area contributed by atoms with Crippen molar-refractivity contribution in [3.8, 4) is 11.5 Å². The quantitative estimate of drug-likeness (QED) is 0.879. The zero-order valence-electron chi connectivity index (χ0n) is 9.97. The number of aromatic nitrogens is 4. The molecule has 6 heteroatoms. The normalized spacial score (nSPS) is 15.2. The van der Waals surface area contributed by atoms with Gasteiger partial charge in [0.2, 0.25) is 0 Å². The van der Waals surface area contributed by atoms with Crippen LogP contribution in [0.2, 0.25) is 0 Å². The smallest absolute Gasteiger partial charge is 0.183 e. The van der Waals surface area contributed by atoms with Crippen LogP contribution in [0.25, 0.3) is 11.5 Å². The lowest BCUT2D eigenvalue weighted by Gasteiger charge is -2.15. The van der Waals surface area contributed by atoms with Gasteiger partial charge in [0.25, 0.3) is 0 Å². The first-order valence-corrected chi connectivity index (χ1v) is 6.72.